The van der Waals surface area contributed by atoms with Crippen molar-refractivity contribution in [2.24, 2.45) is 0 Å². The molecule has 0 amide bonds. The second-order valence-electron chi connectivity index (χ2n) is 32.8. The zero-order valence-corrected chi connectivity index (χ0v) is 60.1. The van der Waals surface area contributed by atoms with E-state index in [1.807, 2.05) is 30.3 Å². The lowest BCUT2D eigenvalue weighted by Gasteiger charge is -2.34. The highest BCUT2D eigenvalue weighted by molar-refractivity contribution is 7.43. The second-order valence-corrected chi connectivity index (χ2v) is 35.8. The monoisotopic (exact) mass is 1270 g/mol. The first-order valence-corrected chi connectivity index (χ1v) is 34.7. The highest BCUT2D eigenvalue weighted by Crippen LogP contribution is 2.61. The van der Waals surface area contributed by atoms with Gasteiger partial charge < -0.3 is 40.1 Å². The molecular weight excluding hydrogens is 1180 g/mol. The molecule has 2 aliphatic heterocycles. The van der Waals surface area contributed by atoms with Crippen LogP contribution in [0.1, 0.15) is 221 Å². The van der Waals surface area contributed by atoms with Crippen LogP contribution in [-0.2, 0) is 47.8 Å². The van der Waals surface area contributed by atoms with Crippen molar-refractivity contribution < 1.29 is 44.9 Å². The number of para-hydroxylation sites is 1. The molecule has 0 bridgehead atoms. The zero-order chi connectivity index (χ0) is 65.5. The molecule has 2 aliphatic rings. The Balaban J connectivity index is 1.13. The van der Waals surface area contributed by atoms with Crippen molar-refractivity contribution in [3.05, 3.63) is 165 Å². The molecule has 90 heavy (non-hydrogen) atoms. The van der Waals surface area contributed by atoms with Crippen molar-refractivity contribution in [1.29, 1.82) is 0 Å². The molecule has 0 aliphatic carbocycles. The molecule has 1 aromatic heterocycles. The third-order valence-corrected chi connectivity index (χ3v) is 20.1. The van der Waals surface area contributed by atoms with Crippen LogP contribution in [0.15, 0.2) is 124 Å². The molecule has 0 saturated carbocycles. The lowest BCUT2D eigenvalue weighted by Crippen LogP contribution is -2.21. The summed E-state index contributed by atoms with van der Waals surface area (Å²) in [6, 6.07) is 39.5. The molecule has 8 aromatic carbocycles. The van der Waals surface area contributed by atoms with Crippen molar-refractivity contribution >= 4 is 74.9 Å². The van der Waals surface area contributed by atoms with Gasteiger partial charge in [0.2, 0.25) is 0 Å². The summed E-state index contributed by atoms with van der Waals surface area (Å²) in [5.74, 6) is 2.69. The molecule has 474 valence electrons. The lowest BCUT2D eigenvalue weighted by atomic mass is 9.75. The fourth-order valence-electron chi connectivity index (χ4n) is 11.6. The van der Waals surface area contributed by atoms with Crippen molar-refractivity contribution in [3.8, 4) is 45.6 Å². The summed E-state index contributed by atoms with van der Waals surface area (Å²) in [5, 5.41) is 5.31. The molecule has 0 N–H and O–H groups in total. The van der Waals surface area contributed by atoms with Gasteiger partial charge in [0.1, 0.15) is 45.5 Å². The number of fused-ring (bicyclic) bond motifs is 6. The van der Waals surface area contributed by atoms with E-state index < -0.39 is 42.2 Å². The summed E-state index contributed by atoms with van der Waals surface area (Å²) in [4.78, 5) is 13.7. The van der Waals surface area contributed by atoms with E-state index in [4.69, 9.17) is 40.1 Å². The molecule has 3 heterocycles. The SMILES string of the molecule is CC(C)(C)c1cc(-c2cc(C(C)(C)C)cc(C(C)(C)C)c2OP2Oc3cccc4cc5cccc(Op6oc7c(C(C)(C)C)cc(C(C)(C)C)cc7c7cc(C(C)(C)C)cc(C(C)(C)C)c7o6)c5c(c34)O2)c(OP2OC(=O)c3ccccc3O2)c(C(C)(C)C)c1. The van der Waals surface area contributed by atoms with Gasteiger partial charge >= 0.3 is 31.4 Å². The molecule has 2 atom stereocenters. The molecule has 13 heteroatoms. The first kappa shape index (κ1) is 64.8. The number of carbonyl (C=O) groups excluding carboxylic acids is 1. The van der Waals surface area contributed by atoms with E-state index in [9.17, 15) is 4.79 Å². The Hall–Kier alpha value is -6.69. The van der Waals surface area contributed by atoms with Gasteiger partial charge in [-0.2, -0.15) is 0 Å². The number of benzene rings is 8. The Morgan fingerprint density at radius 1 is 0.344 bits per heavy atom. The van der Waals surface area contributed by atoms with Crippen molar-refractivity contribution in [2.75, 3.05) is 0 Å². The fourth-order valence-corrected chi connectivity index (χ4v) is 14.9. The van der Waals surface area contributed by atoms with Gasteiger partial charge in [0.25, 0.3) is 0 Å². The molecule has 0 spiro atoms. The maximum atomic E-state index is 13.7. The highest BCUT2D eigenvalue weighted by Gasteiger charge is 2.40. The molecular formula is C77H91O10P3. The average Bonchev–Trinajstić information content (AvgIpc) is 1.33. The summed E-state index contributed by atoms with van der Waals surface area (Å²) in [6.45, 7) is 53.5. The van der Waals surface area contributed by atoms with Gasteiger partial charge in [0.15, 0.2) is 5.75 Å². The Morgan fingerprint density at radius 3 is 1.21 bits per heavy atom. The molecule has 0 saturated heterocycles. The van der Waals surface area contributed by atoms with E-state index in [-0.39, 0.29) is 32.5 Å². The average molecular weight is 1270 g/mol. The Kier molecular flexibility index (Phi) is 16.0. The minimum atomic E-state index is -2.27. The maximum Gasteiger partial charge on any atom is 0.532 e. The van der Waals surface area contributed by atoms with Gasteiger partial charge in [-0.1, -0.05) is 227 Å². The summed E-state index contributed by atoms with van der Waals surface area (Å²) in [5.41, 5.74) is 9.42. The van der Waals surface area contributed by atoms with E-state index in [0.29, 0.717) is 40.1 Å². The van der Waals surface area contributed by atoms with Crippen LogP contribution < -0.4 is 27.1 Å². The number of hydrogen-bond acceptors (Lipinski definition) is 10. The van der Waals surface area contributed by atoms with Crippen LogP contribution in [0.5, 0.6) is 34.5 Å². The summed E-state index contributed by atoms with van der Waals surface area (Å²) in [7, 11) is -6.72. The van der Waals surface area contributed by atoms with Crippen LogP contribution in [0.3, 0.4) is 0 Å². The van der Waals surface area contributed by atoms with E-state index in [1.165, 1.54) is 11.1 Å². The normalized spacial score (nSPS) is 15.9. The molecule has 9 aromatic rings. The Bertz CT molecular complexity index is 4310. The van der Waals surface area contributed by atoms with Crippen LogP contribution in [0, 0.1) is 0 Å². The topological polar surface area (TPSA) is 108 Å². The van der Waals surface area contributed by atoms with Gasteiger partial charge in [-0.25, -0.2) is 4.79 Å². The predicted octanol–water partition coefficient (Wildman–Crippen LogP) is 24.4. The van der Waals surface area contributed by atoms with E-state index in [2.05, 4.69) is 233 Å². The van der Waals surface area contributed by atoms with Crippen molar-refractivity contribution in [3.63, 3.8) is 0 Å². The molecule has 10 nitrogen and oxygen atoms in total. The third-order valence-electron chi connectivity index (χ3n) is 17.1. The molecule has 11 rings (SSSR count). The fraction of sp³-hybridized carbons (Fsp3) is 0.416. The van der Waals surface area contributed by atoms with Gasteiger partial charge in [-0.15, -0.1) is 0 Å². The Morgan fingerprint density at radius 2 is 0.744 bits per heavy atom. The van der Waals surface area contributed by atoms with Gasteiger partial charge in [0.05, 0.1) is 10.8 Å². The van der Waals surface area contributed by atoms with Crippen LogP contribution >= 0.6 is 25.4 Å². The van der Waals surface area contributed by atoms with Crippen molar-refractivity contribution in [2.45, 2.75) is 209 Å². The van der Waals surface area contributed by atoms with Crippen molar-refractivity contribution in [1.82, 2.24) is 0 Å². The molecule has 2 unspecified atom stereocenters. The largest absolute Gasteiger partial charge is 0.532 e. The van der Waals surface area contributed by atoms with Crippen LogP contribution in [0.2, 0.25) is 0 Å². The molecule has 0 fully saturated rings. The van der Waals surface area contributed by atoms with E-state index in [1.54, 1.807) is 18.2 Å². The third kappa shape index (κ3) is 12.6. The van der Waals surface area contributed by atoms with Gasteiger partial charge in [0, 0.05) is 44.2 Å². The van der Waals surface area contributed by atoms with Crippen LogP contribution in [-0.4, -0.2) is 5.97 Å². The quantitative estimate of drug-likeness (QED) is 0.113. The molecule has 0 radical (unpaired) electrons. The summed E-state index contributed by atoms with van der Waals surface area (Å²) in [6.07, 6.45) is 0. The number of rotatable bonds is 7. The standard InChI is InChI=1S/C77H91O10P3/c1-70(2,3)46-36-51-52-37-47(71(4,5)6)41-56(75(16,17)18)65(52)83-88(82-64(51)55(40-46)74(13,14)15)80-60-33-27-29-44-35-45-30-28-34-61-63(45)68(62(44)60)86-89(81-61)84-66-53(38-48(72(7,8)9)42-57(66)76(19,20)21)54-39-49(73(10,11)12)43-58(77(22,23)24)67(54)85-90-79-59-32-26-25-31-50(59)69(78)87-90/h25-43H,1-24H3. The number of carbonyl (C=O) groups is 1. The van der Waals surface area contributed by atoms with Crippen LogP contribution in [0.25, 0.3) is 54.6 Å². The predicted molar refractivity (Wildman–Crippen MR) is 374 cm³/mol. The smallest absolute Gasteiger partial charge is 0.408 e. The van der Waals surface area contributed by atoms with E-state index >= 15 is 0 Å². The minimum Gasteiger partial charge on any atom is -0.408 e. The summed E-state index contributed by atoms with van der Waals surface area (Å²) < 4.78 is 63.7. The first-order valence-electron chi connectivity index (χ1n) is 31.4. The summed E-state index contributed by atoms with van der Waals surface area (Å²) >= 11 is 0. The Labute approximate surface area is 537 Å². The number of hydrogen-bond donors (Lipinski definition) is 0. The van der Waals surface area contributed by atoms with Crippen LogP contribution in [0.4, 0.5) is 0 Å². The van der Waals surface area contributed by atoms with Gasteiger partial charge in [-0.3, -0.25) is 0 Å². The zero-order valence-electron chi connectivity index (χ0n) is 57.4. The lowest BCUT2D eigenvalue weighted by molar-refractivity contribution is 0.0697. The minimum absolute atomic E-state index is 0.163. The van der Waals surface area contributed by atoms with Gasteiger partial charge in [-0.05, 0) is 131 Å². The maximum absolute atomic E-state index is 13.7. The highest BCUT2D eigenvalue weighted by atomic mass is 31.2. The second kappa shape index (κ2) is 22.3. The first-order chi connectivity index (χ1) is 41.5. The van der Waals surface area contributed by atoms with E-state index in [0.717, 1.165) is 88.0 Å².